The highest BCUT2D eigenvalue weighted by molar-refractivity contribution is 7.09. The molecule has 1 unspecified atom stereocenters. The van der Waals surface area contributed by atoms with E-state index in [4.69, 9.17) is 0 Å². The van der Waals surface area contributed by atoms with E-state index < -0.39 is 0 Å². The number of anilines is 1. The van der Waals surface area contributed by atoms with Crippen molar-refractivity contribution in [3.63, 3.8) is 0 Å². The maximum atomic E-state index is 4.46. The molecule has 0 amide bonds. The number of benzene rings is 1. The van der Waals surface area contributed by atoms with E-state index in [1.165, 1.54) is 22.7 Å². The van der Waals surface area contributed by atoms with Crippen LogP contribution in [0.1, 0.15) is 36.8 Å². The molecule has 0 saturated heterocycles. The average molecular weight is 304 g/mol. The summed E-state index contributed by atoms with van der Waals surface area (Å²) in [6.07, 6.45) is 1.96. The van der Waals surface area contributed by atoms with Crippen LogP contribution in [0.4, 0.5) is 5.13 Å². The Kier molecular flexibility index (Phi) is 5.70. The van der Waals surface area contributed by atoms with Crippen molar-refractivity contribution < 1.29 is 0 Å². The smallest absolute Gasteiger partial charge is 0.202 e. The van der Waals surface area contributed by atoms with Crippen molar-refractivity contribution in [2.75, 3.05) is 26.0 Å². The minimum absolute atomic E-state index is 0.324. The van der Waals surface area contributed by atoms with Crippen LogP contribution < -0.4 is 5.32 Å². The highest BCUT2D eigenvalue weighted by atomic mass is 32.1. The summed E-state index contributed by atoms with van der Waals surface area (Å²) in [5, 5.41) is 4.32. The van der Waals surface area contributed by atoms with Crippen LogP contribution in [0.3, 0.4) is 0 Å². The number of aromatic nitrogens is 2. The van der Waals surface area contributed by atoms with E-state index in [0.717, 1.165) is 30.3 Å². The highest BCUT2D eigenvalue weighted by Crippen LogP contribution is 2.21. The maximum Gasteiger partial charge on any atom is 0.202 e. The van der Waals surface area contributed by atoms with Crippen LogP contribution in [-0.2, 0) is 12.8 Å². The fourth-order valence-electron chi connectivity index (χ4n) is 2.23. The van der Waals surface area contributed by atoms with Gasteiger partial charge in [-0.05, 0) is 31.6 Å². The number of aryl methyl sites for hydroxylation is 2. The highest BCUT2D eigenvalue weighted by Gasteiger charge is 2.14. The predicted octanol–water partition coefficient (Wildman–Crippen LogP) is 3.38. The molecule has 1 N–H and O–H groups in total. The molecule has 0 fully saturated rings. The molecule has 21 heavy (non-hydrogen) atoms. The van der Waals surface area contributed by atoms with Gasteiger partial charge in [0.05, 0.1) is 6.04 Å². The molecule has 0 radical (unpaired) electrons. The van der Waals surface area contributed by atoms with Crippen molar-refractivity contribution in [1.82, 2.24) is 14.3 Å². The first-order chi connectivity index (χ1) is 10.1. The standard InChI is InChI=1S/C16H24N4S/c1-5-12-7-9-13(10-8-12)14(20(3)4)11-17-16-18-15(6-2)19-21-16/h7-10,14H,5-6,11H2,1-4H3,(H,17,18,19). The van der Waals surface area contributed by atoms with Gasteiger partial charge < -0.3 is 10.2 Å². The number of nitrogens with zero attached hydrogens (tertiary/aromatic N) is 3. The molecule has 2 rings (SSSR count). The van der Waals surface area contributed by atoms with Gasteiger partial charge in [-0.15, -0.1) is 0 Å². The SMILES string of the molecule is CCc1ccc(C(CNc2nc(CC)ns2)N(C)C)cc1. The van der Waals surface area contributed by atoms with E-state index in [-0.39, 0.29) is 0 Å². The molecule has 0 aliphatic rings. The number of nitrogens with one attached hydrogen (secondary N) is 1. The summed E-state index contributed by atoms with van der Waals surface area (Å²) in [5.74, 6) is 0.913. The summed E-state index contributed by atoms with van der Waals surface area (Å²) in [5.41, 5.74) is 2.70. The third kappa shape index (κ3) is 4.25. The average Bonchev–Trinajstić information content (AvgIpc) is 2.96. The Morgan fingerprint density at radius 2 is 1.86 bits per heavy atom. The lowest BCUT2D eigenvalue weighted by Crippen LogP contribution is -2.26. The maximum absolute atomic E-state index is 4.46. The topological polar surface area (TPSA) is 41.1 Å². The first-order valence-electron chi connectivity index (χ1n) is 7.45. The minimum Gasteiger partial charge on any atom is -0.358 e. The van der Waals surface area contributed by atoms with Crippen LogP contribution in [0.15, 0.2) is 24.3 Å². The molecule has 0 saturated carbocycles. The second kappa shape index (κ2) is 7.52. The van der Waals surface area contributed by atoms with Gasteiger partial charge in [0.15, 0.2) is 0 Å². The molecule has 2 aromatic rings. The van der Waals surface area contributed by atoms with Gasteiger partial charge in [-0.25, -0.2) is 4.98 Å². The fraction of sp³-hybridized carbons (Fsp3) is 0.500. The zero-order valence-corrected chi connectivity index (χ0v) is 14.1. The molecule has 0 bridgehead atoms. The van der Waals surface area contributed by atoms with Crippen molar-refractivity contribution in [1.29, 1.82) is 0 Å². The molecule has 0 aliphatic carbocycles. The molecule has 114 valence electrons. The van der Waals surface area contributed by atoms with Crippen molar-refractivity contribution >= 4 is 16.7 Å². The molecule has 0 aliphatic heterocycles. The lowest BCUT2D eigenvalue weighted by atomic mass is 10.0. The number of hydrogen-bond donors (Lipinski definition) is 1. The van der Waals surface area contributed by atoms with E-state index in [1.54, 1.807) is 0 Å². The Bertz CT molecular complexity index is 548. The molecule has 4 nitrogen and oxygen atoms in total. The van der Waals surface area contributed by atoms with Crippen LogP contribution in [0.2, 0.25) is 0 Å². The zero-order chi connectivity index (χ0) is 15.2. The third-order valence-corrected chi connectivity index (χ3v) is 4.34. The predicted molar refractivity (Wildman–Crippen MR) is 90.0 cm³/mol. The van der Waals surface area contributed by atoms with E-state index in [0.29, 0.717) is 6.04 Å². The lowest BCUT2D eigenvalue weighted by Gasteiger charge is -2.25. The summed E-state index contributed by atoms with van der Waals surface area (Å²) >= 11 is 1.44. The van der Waals surface area contributed by atoms with Gasteiger partial charge in [-0.3, -0.25) is 0 Å². The van der Waals surface area contributed by atoms with Crippen LogP contribution >= 0.6 is 11.5 Å². The van der Waals surface area contributed by atoms with Crippen molar-refractivity contribution in [3.8, 4) is 0 Å². The lowest BCUT2D eigenvalue weighted by molar-refractivity contribution is 0.312. The summed E-state index contributed by atoms with van der Waals surface area (Å²) in [4.78, 5) is 6.69. The fourth-order valence-corrected chi connectivity index (χ4v) is 2.88. The van der Waals surface area contributed by atoms with Crippen LogP contribution in [-0.4, -0.2) is 34.9 Å². The van der Waals surface area contributed by atoms with Gasteiger partial charge in [0.1, 0.15) is 5.82 Å². The minimum atomic E-state index is 0.324. The monoisotopic (exact) mass is 304 g/mol. The van der Waals surface area contributed by atoms with E-state index >= 15 is 0 Å². The number of hydrogen-bond acceptors (Lipinski definition) is 5. The molecular weight excluding hydrogens is 280 g/mol. The van der Waals surface area contributed by atoms with E-state index in [2.05, 4.69) is 71.8 Å². The molecule has 0 spiro atoms. The largest absolute Gasteiger partial charge is 0.358 e. The first-order valence-corrected chi connectivity index (χ1v) is 8.23. The molecule has 1 aromatic carbocycles. The van der Waals surface area contributed by atoms with E-state index in [1.807, 2.05) is 0 Å². The Labute approximate surface area is 131 Å². The van der Waals surface area contributed by atoms with Crippen LogP contribution in [0.5, 0.6) is 0 Å². The number of rotatable bonds is 7. The molecule has 5 heteroatoms. The van der Waals surface area contributed by atoms with Crippen molar-refractivity contribution in [2.24, 2.45) is 0 Å². The summed E-state index contributed by atoms with van der Waals surface area (Å²) in [7, 11) is 4.22. The Morgan fingerprint density at radius 3 is 2.38 bits per heavy atom. The normalized spacial score (nSPS) is 12.6. The van der Waals surface area contributed by atoms with Crippen molar-refractivity contribution in [3.05, 3.63) is 41.2 Å². The van der Waals surface area contributed by atoms with Gasteiger partial charge in [-0.2, -0.15) is 4.37 Å². The molecule has 1 aromatic heterocycles. The van der Waals surface area contributed by atoms with E-state index in [9.17, 15) is 0 Å². The van der Waals surface area contributed by atoms with Gasteiger partial charge in [-0.1, -0.05) is 38.1 Å². The molecule has 1 heterocycles. The first kappa shape index (κ1) is 15.9. The third-order valence-electron chi connectivity index (χ3n) is 3.63. The van der Waals surface area contributed by atoms with Gasteiger partial charge in [0.2, 0.25) is 5.13 Å². The van der Waals surface area contributed by atoms with Crippen LogP contribution in [0.25, 0.3) is 0 Å². The summed E-state index contributed by atoms with van der Waals surface area (Å²) < 4.78 is 4.31. The van der Waals surface area contributed by atoms with Gasteiger partial charge in [0.25, 0.3) is 0 Å². The zero-order valence-electron chi connectivity index (χ0n) is 13.3. The van der Waals surface area contributed by atoms with Crippen LogP contribution in [0, 0.1) is 0 Å². The van der Waals surface area contributed by atoms with Gasteiger partial charge >= 0.3 is 0 Å². The van der Waals surface area contributed by atoms with Crippen molar-refractivity contribution in [2.45, 2.75) is 32.7 Å². The summed E-state index contributed by atoms with van der Waals surface area (Å²) in [6, 6.07) is 9.20. The Morgan fingerprint density at radius 1 is 1.14 bits per heavy atom. The number of likely N-dealkylation sites (N-methyl/N-ethyl adjacent to an activating group) is 1. The Balaban J connectivity index is 2.04. The van der Waals surface area contributed by atoms with Gasteiger partial charge in [0, 0.05) is 24.5 Å². The quantitative estimate of drug-likeness (QED) is 0.851. The molecular formula is C16H24N4S. The second-order valence-electron chi connectivity index (χ2n) is 5.32. The summed E-state index contributed by atoms with van der Waals surface area (Å²) in [6.45, 7) is 5.08. The molecule has 1 atom stereocenters. The second-order valence-corrected chi connectivity index (χ2v) is 6.08. The Hall–Kier alpha value is -1.46.